The Morgan fingerprint density at radius 2 is 1.06 bits per heavy atom. The third-order valence-corrected chi connectivity index (χ3v) is 4.64. The maximum Gasteiger partial charge on any atom is 0.265 e. The maximum atomic E-state index is 10.6. The lowest BCUT2D eigenvalue weighted by molar-refractivity contribution is 0.309. The Hall–Kier alpha value is -0.180. The molecule has 0 saturated heterocycles. The molecule has 98 valence electrons. The van der Waals surface area contributed by atoms with Crippen molar-refractivity contribution in [3.05, 3.63) is 0 Å². The van der Waals surface area contributed by atoms with Gasteiger partial charge in [-0.15, -0.1) is 0 Å². The van der Waals surface area contributed by atoms with Crippen molar-refractivity contribution in [2.24, 2.45) is 17.8 Å². The van der Waals surface area contributed by atoms with Gasteiger partial charge in [0.15, 0.2) is 0 Å². The molecule has 2 atom stereocenters. The molecule has 0 aromatic heterocycles. The van der Waals surface area contributed by atoms with E-state index < -0.39 is 31.7 Å². The van der Waals surface area contributed by atoms with Crippen molar-refractivity contribution in [2.75, 3.05) is 11.5 Å². The lowest BCUT2D eigenvalue weighted by Crippen LogP contribution is -2.27. The minimum Gasteiger partial charge on any atom is -0.286 e. The van der Waals surface area contributed by atoms with Crippen LogP contribution < -0.4 is 0 Å². The zero-order chi connectivity index (χ0) is 13.1. The average molecular weight is 274 g/mol. The molecule has 0 aliphatic rings. The van der Waals surface area contributed by atoms with E-state index >= 15 is 0 Å². The summed E-state index contributed by atoms with van der Waals surface area (Å²) in [6.07, 6.45) is 0. The second-order valence-electron chi connectivity index (χ2n) is 4.31. The summed E-state index contributed by atoms with van der Waals surface area (Å²) in [4.78, 5) is 0. The van der Waals surface area contributed by atoms with Crippen LogP contribution in [0, 0.1) is 17.8 Å². The average Bonchev–Trinajstić information content (AvgIpc) is 1.96. The molecule has 0 rings (SSSR count). The molecule has 2 unspecified atom stereocenters. The van der Waals surface area contributed by atoms with Gasteiger partial charge in [-0.2, -0.15) is 16.8 Å². The van der Waals surface area contributed by atoms with E-state index in [0.717, 1.165) is 0 Å². The van der Waals surface area contributed by atoms with Crippen molar-refractivity contribution in [3.63, 3.8) is 0 Å². The number of rotatable bonds is 6. The van der Waals surface area contributed by atoms with Crippen LogP contribution in [0.2, 0.25) is 0 Å². The van der Waals surface area contributed by atoms with Gasteiger partial charge < -0.3 is 0 Å². The molecule has 0 radical (unpaired) electrons. The summed E-state index contributed by atoms with van der Waals surface area (Å²) in [7, 11) is -8.12. The van der Waals surface area contributed by atoms with Crippen molar-refractivity contribution < 1.29 is 25.9 Å². The van der Waals surface area contributed by atoms with Gasteiger partial charge in [0.1, 0.15) is 0 Å². The van der Waals surface area contributed by atoms with Crippen LogP contribution in [0.1, 0.15) is 20.8 Å². The molecule has 16 heavy (non-hydrogen) atoms. The van der Waals surface area contributed by atoms with Gasteiger partial charge in [0, 0.05) is 0 Å². The predicted molar refractivity (Wildman–Crippen MR) is 60.3 cm³/mol. The van der Waals surface area contributed by atoms with Crippen LogP contribution in [0.15, 0.2) is 0 Å². The Bertz CT molecular complexity index is 370. The Morgan fingerprint density at radius 1 is 0.812 bits per heavy atom. The molecule has 2 N–H and O–H groups in total. The summed E-state index contributed by atoms with van der Waals surface area (Å²) >= 11 is 0. The van der Waals surface area contributed by atoms with E-state index in [4.69, 9.17) is 9.11 Å². The number of hydrogen-bond acceptors (Lipinski definition) is 4. The Labute approximate surface area is 96.6 Å². The molecule has 0 aromatic carbocycles. The zero-order valence-corrected chi connectivity index (χ0v) is 11.1. The fourth-order valence-electron chi connectivity index (χ4n) is 1.53. The first-order valence-corrected chi connectivity index (χ1v) is 8.04. The van der Waals surface area contributed by atoms with Crippen molar-refractivity contribution in [1.82, 2.24) is 0 Å². The molecule has 0 heterocycles. The molecule has 0 aromatic rings. The van der Waals surface area contributed by atoms with Gasteiger partial charge >= 0.3 is 0 Å². The quantitative estimate of drug-likeness (QED) is 0.689. The normalized spacial score (nSPS) is 19.1. The van der Waals surface area contributed by atoms with Gasteiger partial charge in [-0.1, -0.05) is 20.8 Å². The highest BCUT2D eigenvalue weighted by atomic mass is 32.2. The summed E-state index contributed by atoms with van der Waals surface area (Å²) in [5, 5.41) is 0. The molecule has 0 aliphatic carbocycles. The van der Waals surface area contributed by atoms with Gasteiger partial charge in [-0.05, 0) is 17.8 Å². The third kappa shape index (κ3) is 7.15. The first-order chi connectivity index (χ1) is 6.92. The molecule has 0 bridgehead atoms. The minimum absolute atomic E-state index is 0.246. The second kappa shape index (κ2) is 5.44. The van der Waals surface area contributed by atoms with Crippen LogP contribution in [-0.2, 0) is 20.2 Å². The first-order valence-electron chi connectivity index (χ1n) is 4.82. The van der Waals surface area contributed by atoms with Crippen LogP contribution in [0.4, 0.5) is 0 Å². The monoisotopic (exact) mass is 274 g/mol. The van der Waals surface area contributed by atoms with Crippen molar-refractivity contribution >= 4 is 20.2 Å². The van der Waals surface area contributed by atoms with Gasteiger partial charge in [0.2, 0.25) is 0 Å². The van der Waals surface area contributed by atoms with Gasteiger partial charge in [-0.3, -0.25) is 9.11 Å². The summed E-state index contributed by atoms with van der Waals surface area (Å²) in [6, 6.07) is 0. The van der Waals surface area contributed by atoms with Crippen LogP contribution in [0.3, 0.4) is 0 Å². The third-order valence-electron chi connectivity index (χ3n) is 2.74. The second-order valence-corrected chi connectivity index (χ2v) is 7.31. The molecular weight excluding hydrogens is 256 g/mol. The van der Waals surface area contributed by atoms with E-state index in [-0.39, 0.29) is 17.8 Å². The highest BCUT2D eigenvalue weighted by molar-refractivity contribution is 7.86. The van der Waals surface area contributed by atoms with E-state index in [2.05, 4.69) is 0 Å². The molecule has 0 aliphatic heterocycles. The Balaban J connectivity index is 4.50. The van der Waals surface area contributed by atoms with E-state index in [1.165, 1.54) is 0 Å². The highest BCUT2D eigenvalue weighted by Gasteiger charge is 2.26. The fourth-order valence-corrected chi connectivity index (χ4v) is 3.46. The number of hydrogen-bond donors (Lipinski definition) is 2. The summed E-state index contributed by atoms with van der Waals surface area (Å²) in [5.74, 6) is -1.84. The smallest absolute Gasteiger partial charge is 0.265 e. The molecule has 6 nitrogen and oxygen atoms in total. The summed E-state index contributed by atoms with van der Waals surface area (Å²) < 4.78 is 59.9. The molecular formula is C8H18O6S2. The summed E-state index contributed by atoms with van der Waals surface area (Å²) in [6.45, 7) is 4.91. The lowest BCUT2D eigenvalue weighted by Gasteiger charge is -2.24. The minimum atomic E-state index is -4.06. The van der Waals surface area contributed by atoms with E-state index in [9.17, 15) is 16.8 Å². The Kier molecular flexibility index (Phi) is 5.37. The van der Waals surface area contributed by atoms with Gasteiger partial charge in [-0.25, -0.2) is 0 Å². The van der Waals surface area contributed by atoms with Crippen molar-refractivity contribution in [3.8, 4) is 0 Å². The van der Waals surface area contributed by atoms with Crippen LogP contribution >= 0.6 is 0 Å². The first kappa shape index (κ1) is 15.8. The van der Waals surface area contributed by atoms with Crippen molar-refractivity contribution in [2.45, 2.75) is 20.8 Å². The molecule has 8 heteroatoms. The van der Waals surface area contributed by atoms with Crippen molar-refractivity contribution in [1.29, 1.82) is 0 Å². The molecule has 0 saturated carbocycles. The van der Waals surface area contributed by atoms with E-state index in [1.807, 2.05) is 0 Å². The van der Waals surface area contributed by atoms with E-state index in [0.29, 0.717) is 0 Å². The van der Waals surface area contributed by atoms with Gasteiger partial charge in [0.05, 0.1) is 11.5 Å². The summed E-state index contributed by atoms with van der Waals surface area (Å²) in [5.41, 5.74) is 0. The van der Waals surface area contributed by atoms with Gasteiger partial charge in [0.25, 0.3) is 20.2 Å². The Morgan fingerprint density at radius 3 is 1.25 bits per heavy atom. The SMILES string of the molecule is CC(CS(=O)(=O)O)C(C)C(C)CS(=O)(=O)O. The van der Waals surface area contributed by atoms with E-state index in [1.54, 1.807) is 20.8 Å². The zero-order valence-electron chi connectivity index (χ0n) is 9.49. The van der Waals surface area contributed by atoms with Crippen LogP contribution in [0.5, 0.6) is 0 Å². The fraction of sp³-hybridized carbons (Fsp3) is 1.00. The van der Waals surface area contributed by atoms with Crippen LogP contribution in [0.25, 0.3) is 0 Å². The lowest BCUT2D eigenvalue weighted by atomic mass is 9.87. The molecule has 0 fully saturated rings. The molecule has 0 amide bonds. The van der Waals surface area contributed by atoms with Crippen LogP contribution in [-0.4, -0.2) is 37.4 Å². The maximum absolute atomic E-state index is 10.6. The molecule has 0 spiro atoms. The predicted octanol–water partition coefficient (Wildman–Crippen LogP) is 0.670. The highest BCUT2D eigenvalue weighted by Crippen LogP contribution is 2.22. The standard InChI is InChI=1S/C8H18O6S2/c1-6(4-15(9,10)11)8(3)7(2)5-16(12,13)14/h6-8H,4-5H2,1-3H3,(H,9,10,11)(H,12,13,14). The largest absolute Gasteiger partial charge is 0.286 e. The topological polar surface area (TPSA) is 109 Å².